The Hall–Kier alpha value is -5.23. The van der Waals surface area contributed by atoms with E-state index >= 15 is 0 Å². The average Bonchev–Trinajstić information content (AvgIpc) is 3.62. The summed E-state index contributed by atoms with van der Waals surface area (Å²) in [6, 6.07) is 15.1. The molecular weight excluding hydrogens is 548 g/mol. The summed E-state index contributed by atoms with van der Waals surface area (Å²) in [4.78, 5) is 31.2. The number of aromatic amines is 1. The highest BCUT2D eigenvalue weighted by atomic mass is 19.2. The Labute approximate surface area is 238 Å². The number of methoxy groups -OCH3 is 1. The number of nitrogens with one attached hydrogen (secondary N) is 1. The molecule has 0 bridgehead atoms. The molecule has 3 aromatic carbocycles. The molecule has 1 amide bonds. The van der Waals surface area contributed by atoms with Gasteiger partial charge < -0.3 is 29.8 Å². The van der Waals surface area contributed by atoms with Crippen molar-refractivity contribution in [3.63, 3.8) is 0 Å². The van der Waals surface area contributed by atoms with Crippen molar-refractivity contribution in [1.82, 2.24) is 19.7 Å². The van der Waals surface area contributed by atoms with Gasteiger partial charge in [-0.05, 0) is 48.5 Å². The number of ether oxygens (including phenoxy) is 3. The number of anilines is 1. The number of hydrogen-bond acceptors (Lipinski definition) is 7. The molecule has 0 saturated carbocycles. The molecule has 214 valence electrons. The molecule has 1 saturated heterocycles. The molecule has 5 aromatic rings. The number of fused-ring (bicyclic) bond motifs is 1. The number of carbonyl (C=O) groups is 2. The highest BCUT2D eigenvalue weighted by Gasteiger charge is 2.23. The number of aromatic nitrogens is 3. The second-order valence-electron chi connectivity index (χ2n) is 9.56. The smallest absolute Gasteiger partial charge is 0.254 e. The van der Waals surface area contributed by atoms with E-state index < -0.39 is 17.4 Å². The molecular formula is C30H25F2N5O5. The van der Waals surface area contributed by atoms with E-state index in [1.54, 1.807) is 35.2 Å². The Kier molecular flexibility index (Phi) is 7.05. The highest BCUT2D eigenvalue weighted by Crippen LogP contribution is 2.34. The lowest BCUT2D eigenvalue weighted by molar-refractivity contribution is 0.0303. The predicted molar refractivity (Wildman–Crippen MR) is 149 cm³/mol. The standard InChI is InChI=1S/C30H25F2N5O5/c1-40-26-15-19(42-25-4-2-3-21(31)27(25)32)6-8-24(26)37-29(33)20(16-34-37)28(38)23-14-18-13-17(5-7-22(18)35-23)30(39)36-9-11-41-12-10-36/h2-8,13-16,35H,9-12,33H2,1H3. The molecule has 12 heteroatoms. The Bertz CT molecular complexity index is 1830. The maximum absolute atomic E-state index is 14.1. The maximum atomic E-state index is 14.1. The quantitative estimate of drug-likeness (QED) is 0.270. The lowest BCUT2D eigenvalue weighted by Gasteiger charge is -2.26. The van der Waals surface area contributed by atoms with Crippen LogP contribution in [0.25, 0.3) is 16.6 Å². The Morgan fingerprint density at radius 1 is 1.02 bits per heavy atom. The number of morpholine rings is 1. The summed E-state index contributed by atoms with van der Waals surface area (Å²) in [7, 11) is 1.42. The molecule has 0 atom stereocenters. The zero-order chi connectivity index (χ0) is 29.4. The van der Waals surface area contributed by atoms with E-state index in [0.29, 0.717) is 48.5 Å². The monoisotopic (exact) mass is 573 g/mol. The molecule has 0 aliphatic carbocycles. The fourth-order valence-electron chi connectivity index (χ4n) is 4.79. The Morgan fingerprint density at radius 3 is 2.62 bits per heavy atom. The summed E-state index contributed by atoms with van der Waals surface area (Å²) in [5, 5.41) is 4.99. The second kappa shape index (κ2) is 11.0. The van der Waals surface area contributed by atoms with Crippen LogP contribution in [0.3, 0.4) is 0 Å². The number of amides is 1. The SMILES string of the molecule is COc1cc(Oc2cccc(F)c2F)ccc1-n1ncc(C(=O)c2cc3cc(C(=O)N4CCOCC4)ccc3[nH]2)c1N. The Balaban J connectivity index is 1.25. The summed E-state index contributed by atoms with van der Waals surface area (Å²) in [5.74, 6) is -2.40. The molecule has 1 fully saturated rings. The molecule has 6 rings (SSSR count). The van der Waals surface area contributed by atoms with E-state index in [1.165, 1.54) is 42.3 Å². The van der Waals surface area contributed by atoms with E-state index in [2.05, 4.69) is 10.1 Å². The lowest BCUT2D eigenvalue weighted by Crippen LogP contribution is -2.40. The van der Waals surface area contributed by atoms with Crippen molar-refractivity contribution in [2.45, 2.75) is 0 Å². The van der Waals surface area contributed by atoms with Crippen molar-refractivity contribution in [3.8, 4) is 22.9 Å². The van der Waals surface area contributed by atoms with E-state index in [4.69, 9.17) is 19.9 Å². The van der Waals surface area contributed by atoms with Gasteiger partial charge >= 0.3 is 0 Å². The van der Waals surface area contributed by atoms with Crippen LogP contribution in [-0.2, 0) is 4.74 Å². The first-order chi connectivity index (χ1) is 20.3. The summed E-state index contributed by atoms with van der Waals surface area (Å²) in [6.45, 7) is 2.07. The second-order valence-corrected chi connectivity index (χ2v) is 9.56. The van der Waals surface area contributed by atoms with Crippen LogP contribution in [0.5, 0.6) is 17.2 Å². The minimum absolute atomic E-state index is 0.0602. The van der Waals surface area contributed by atoms with Crippen molar-refractivity contribution in [2.75, 3.05) is 39.1 Å². The van der Waals surface area contributed by atoms with Gasteiger partial charge in [-0.1, -0.05) is 6.07 Å². The predicted octanol–water partition coefficient (Wildman–Crippen LogP) is 4.72. The molecule has 0 radical (unpaired) electrons. The molecule has 1 aliphatic heterocycles. The third kappa shape index (κ3) is 4.92. The molecule has 1 aliphatic rings. The highest BCUT2D eigenvalue weighted by molar-refractivity contribution is 6.13. The van der Waals surface area contributed by atoms with E-state index in [-0.39, 0.29) is 40.2 Å². The van der Waals surface area contributed by atoms with Crippen molar-refractivity contribution < 1.29 is 32.6 Å². The zero-order valence-corrected chi connectivity index (χ0v) is 22.4. The average molecular weight is 574 g/mol. The van der Waals surface area contributed by atoms with E-state index in [1.807, 2.05) is 0 Å². The normalized spacial score (nSPS) is 13.4. The minimum Gasteiger partial charge on any atom is -0.494 e. The van der Waals surface area contributed by atoms with Crippen LogP contribution in [0, 0.1) is 11.6 Å². The number of rotatable bonds is 7. The lowest BCUT2D eigenvalue weighted by atomic mass is 10.1. The van der Waals surface area contributed by atoms with Crippen molar-refractivity contribution >= 4 is 28.4 Å². The van der Waals surface area contributed by atoms with Crippen LogP contribution < -0.4 is 15.2 Å². The van der Waals surface area contributed by atoms with E-state index in [0.717, 1.165) is 6.07 Å². The van der Waals surface area contributed by atoms with Crippen LogP contribution in [0.2, 0.25) is 0 Å². The number of hydrogen-bond donors (Lipinski definition) is 2. The number of ketones is 1. The topological polar surface area (TPSA) is 125 Å². The van der Waals surface area contributed by atoms with E-state index in [9.17, 15) is 18.4 Å². The summed E-state index contributed by atoms with van der Waals surface area (Å²) < 4.78 is 45.3. The third-order valence-corrected chi connectivity index (χ3v) is 6.99. The van der Waals surface area contributed by atoms with Gasteiger partial charge in [0.05, 0.1) is 37.8 Å². The number of halogens is 2. The summed E-state index contributed by atoms with van der Waals surface area (Å²) in [6.07, 6.45) is 1.35. The van der Waals surface area contributed by atoms with Gasteiger partial charge in [0.2, 0.25) is 11.6 Å². The summed E-state index contributed by atoms with van der Waals surface area (Å²) in [5.41, 5.74) is 8.39. The first kappa shape index (κ1) is 27.0. The van der Waals surface area contributed by atoms with Crippen molar-refractivity contribution in [3.05, 3.63) is 95.3 Å². The van der Waals surface area contributed by atoms with Gasteiger partial charge in [-0.3, -0.25) is 9.59 Å². The van der Waals surface area contributed by atoms with Crippen LogP contribution in [-0.4, -0.2) is 64.8 Å². The van der Waals surface area contributed by atoms with Gasteiger partial charge in [0, 0.05) is 35.6 Å². The molecule has 42 heavy (non-hydrogen) atoms. The molecule has 0 unspecified atom stereocenters. The number of H-pyrrole nitrogens is 1. The van der Waals surface area contributed by atoms with Gasteiger partial charge in [-0.25, -0.2) is 9.07 Å². The first-order valence-electron chi connectivity index (χ1n) is 13.0. The largest absolute Gasteiger partial charge is 0.494 e. The number of benzene rings is 3. The maximum Gasteiger partial charge on any atom is 0.254 e. The number of carbonyl (C=O) groups excluding carboxylic acids is 2. The Morgan fingerprint density at radius 2 is 1.83 bits per heavy atom. The summed E-state index contributed by atoms with van der Waals surface area (Å²) >= 11 is 0. The van der Waals surface area contributed by atoms with Crippen LogP contribution in [0.1, 0.15) is 26.4 Å². The molecule has 3 N–H and O–H groups in total. The minimum atomic E-state index is -1.11. The van der Waals surface area contributed by atoms with Gasteiger partial charge in [-0.2, -0.15) is 9.49 Å². The van der Waals surface area contributed by atoms with Crippen LogP contribution >= 0.6 is 0 Å². The van der Waals surface area contributed by atoms with Gasteiger partial charge in [0.1, 0.15) is 23.0 Å². The number of nitrogens with two attached hydrogens (primary N) is 1. The van der Waals surface area contributed by atoms with Gasteiger partial charge in [0.15, 0.2) is 11.6 Å². The third-order valence-electron chi connectivity index (χ3n) is 6.99. The molecule has 10 nitrogen and oxygen atoms in total. The zero-order valence-electron chi connectivity index (χ0n) is 22.4. The van der Waals surface area contributed by atoms with Gasteiger partial charge in [0.25, 0.3) is 5.91 Å². The number of nitrogens with zero attached hydrogens (tertiary/aromatic N) is 3. The fourth-order valence-corrected chi connectivity index (χ4v) is 4.79. The molecule has 3 heterocycles. The van der Waals surface area contributed by atoms with Crippen LogP contribution in [0.15, 0.2) is 66.9 Å². The van der Waals surface area contributed by atoms with Crippen LogP contribution in [0.4, 0.5) is 14.6 Å². The molecule has 2 aromatic heterocycles. The first-order valence-corrected chi connectivity index (χ1v) is 13.0. The fraction of sp³-hybridized carbons (Fsp3) is 0.167. The number of nitrogen functional groups attached to an aromatic ring is 1. The van der Waals surface area contributed by atoms with Gasteiger partial charge in [-0.15, -0.1) is 0 Å². The molecule has 0 spiro atoms. The van der Waals surface area contributed by atoms with Crippen molar-refractivity contribution in [2.24, 2.45) is 0 Å². The van der Waals surface area contributed by atoms with Crippen molar-refractivity contribution in [1.29, 1.82) is 0 Å².